The number of aliphatic carboxylic acids is 1. The fourth-order valence-electron chi connectivity index (χ4n) is 4.26. The normalized spacial score (nSPS) is 14.6. The number of aromatic nitrogens is 1. The molecule has 12 heteroatoms. The highest BCUT2D eigenvalue weighted by atomic mass is 127. The van der Waals surface area contributed by atoms with Gasteiger partial charge in [0.15, 0.2) is 22.9 Å². The highest BCUT2D eigenvalue weighted by Gasteiger charge is 2.33. The lowest BCUT2D eigenvalue weighted by Crippen LogP contribution is -2.39. The monoisotopic (exact) mass is 690 g/mol. The second-order valence-corrected chi connectivity index (χ2v) is 10.9. The van der Waals surface area contributed by atoms with E-state index in [0.29, 0.717) is 53.6 Å². The van der Waals surface area contributed by atoms with Gasteiger partial charge in [-0.3, -0.25) is 9.36 Å². The fourth-order valence-corrected chi connectivity index (χ4v) is 6.08. The van der Waals surface area contributed by atoms with Crippen LogP contribution in [0.4, 0.5) is 0 Å². The average molecular weight is 691 g/mol. The van der Waals surface area contributed by atoms with Gasteiger partial charge in [0.1, 0.15) is 12.4 Å². The molecule has 2 aromatic carbocycles. The zero-order valence-corrected chi connectivity index (χ0v) is 25.5. The van der Waals surface area contributed by atoms with Crippen molar-refractivity contribution in [3.63, 3.8) is 0 Å². The van der Waals surface area contributed by atoms with E-state index in [0.717, 1.165) is 0 Å². The van der Waals surface area contributed by atoms with Gasteiger partial charge < -0.3 is 24.1 Å². The number of carboxylic acid groups (broad SMARTS) is 1. The maximum Gasteiger partial charge on any atom is 0.341 e. The van der Waals surface area contributed by atoms with E-state index in [1.54, 1.807) is 62.4 Å². The number of nitrogens with zero attached hydrogens (tertiary/aromatic N) is 2. The molecule has 1 atom stereocenters. The van der Waals surface area contributed by atoms with Crippen LogP contribution >= 0.6 is 33.9 Å². The number of ether oxygens (including phenoxy) is 4. The number of rotatable bonds is 11. The zero-order chi connectivity index (χ0) is 29.7. The van der Waals surface area contributed by atoms with Crippen LogP contribution in [0.2, 0.25) is 0 Å². The number of thiazole rings is 1. The fraction of sp³-hybridized carbons (Fsp3) is 0.241. The Morgan fingerprint density at radius 2 is 1.95 bits per heavy atom. The van der Waals surface area contributed by atoms with Crippen molar-refractivity contribution in [1.29, 1.82) is 0 Å². The van der Waals surface area contributed by atoms with E-state index >= 15 is 0 Å². The Morgan fingerprint density at radius 1 is 1.22 bits per heavy atom. The highest BCUT2D eigenvalue weighted by molar-refractivity contribution is 14.1. The maximum absolute atomic E-state index is 13.9. The number of hydrogen-bond acceptors (Lipinski definition) is 9. The summed E-state index contributed by atoms with van der Waals surface area (Å²) < 4.78 is 24.2. The van der Waals surface area contributed by atoms with Gasteiger partial charge in [-0.1, -0.05) is 36.1 Å². The molecule has 3 aromatic rings. The number of methoxy groups -OCH3 is 1. The molecule has 0 unspecified atom stereocenters. The third-order valence-corrected chi connectivity index (χ3v) is 7.75. The molecule has 1 aliphatic heterocycles. The van der Waals surface area contributed by atoms with E-state index in [4.69, 9.17) is 24.1 Å². The summed E-state index contributed by atoms with van der Waals surface area (Å²) in [6.45, 7) is 7.10. The van der Waals surface area contributed by atoms with Crippen LogP contribution in [-0.2, 0) is 14.3 Å². The van der Waals surface area contributed by atoms with Crippen molar-refractivity contribution >= 4 is 51.9 Å². The molecule has 1 N–H and O–H groups in total. The summed E-state index contributed by atoms with van der Waals surface area (Å²) in [7, 11) is 1.45. The molecule has 0 spiro atoms. The first-order chi connectivity index (χ1) is 19.7. The summed E-state index contributed by atoms with van der Waals surface area (Å²) in [5.41, 5.74) is 1.74. The predicted molar refractivity (Wildman–Crippen MR) is 161 cm³/mol. The molecule has 4 rings (SSSR count). The van der Waals surface area contributed by atoms with Crippen LogP contribution in [-0.4, -0.2) is 48.5 Å². The standard InChI is InChI=1S/C29H27IN2O8S/c1-5-11-39-19-9-7-18(8-10-19)25-24(28(36)38-6-2)16(3)31-29-32(25)27(35)22(41-29)14-17-12-20(30)26(21(13-17)37-4)40-15-23(33)34/h5,7-10,12-14,25H,1,6,11,15H2,2-4H3,(H,33,34)/b22-14-/t25-/m0/s1. The first-order valence-electron chi connectivity index (χ1n) is 12.4. The number of halogens is 1. The van der Waals surface area contributed by atoms with Gasteiger partial charge in [0.25, 0.3) is 5.56 Å². The third kappa shape index (κ3) is 6.54. The average Bonchev–Trinajstić information content (AvgIpc) is 3.24. The molecule has 214 valence electrons. The lowest BCUT2D eigenvalue weighted by Gasteiger charge is -2.24. The van der Waals surface area contributed by atoms with Gasteiger partial charge in [0.05, 0.1) is 39.1 Å². The number of carbonyl (C=O) groups excluding carboxylic acids is 1. The molecule has 1 aromatic heterocycles. The van der Waals surface area contributed by atoms with Crippen LogP contribution < -0.4 is 29.1 Å². The zero-order valence-electron chi connectivity index (χ0n) is 22.5. The summed E-state index contributed by atoms with van der Waals surface area (Å²) in [6, 6.07) is 9.81. The van der Waals surface area contributed by atoms with Gasteiger partial charge in [-0.2, -0.15) is 0 Å². The molecule has 0 radical (unpaired) electrons. The van der Waals surface area contributed by atoms with E-state index in [-0.39, 0.29) is 17.7 Å². The lowest BCUT2D eigenvalue weighted by atomic mass is 9.96. The Hall–Kier alpha value is -3.91. The molecule has 1 aliphatic rings. The van der Waals surface area contributed by atoms with Crippen molar-refractivity contribution in [2.45, 2.75) is 19.9 Å². The van der Waals surface area contributed by atoms with Crippen molar-refractivity contribution in [3.05, 3.63) is 94.7 Å². The Kier molecular flexibility index (Phi) is 9.65. The van der Waals surface area contributed by atoms with Gasteiger partial charge >= 0.3 is 11.9 Å². The van der Waals surface area contributed by atoms with Crippen molar-refractivity contribution in [1.82, 2.24) is 4.57 Å². The van der Waals surface area contributed by atoms with E-state index in [2.05, 4.69) is 11.6 Å². The Balaban J connectivity index is 1.85. The predicted octanol–water partition coefficient (Wildman–Crippen LogP) is 3.44. The molecule has 0 saturated carbocycles. The number of esters is 1. The summed E-state index contributed by atoms with van der Waals surface area (Å²) >= 11 is 3.21. The number of fused-ring (bicyclic) bond motifs is 1. The Labute approximate surface area is 253 Å². The minimum absolute atomic E-state index is 0.174. The van der Waals surface area contributed by atoms with Crippen molar-refractivity contribution in [2.75, 3.05) is 26.9 Å². The summed E-state index contributed by atoms with van der Waals surface area (Å²) in [5, 5.41) is 8.98. The highest BCUT2D eigenvalue weighted by Crippen LogP contribution is 2.34. The minimum atomic E-state index is -1.11. The molecule has 10 nitrogen and oxygen atoms in total. The quantitative estimate of drug-likeness (QED) is 0.185. The molecule has 0 fully saturated rings. The molecule has 0 bridgehead atoms. The lowest BCUT2D eigenvalue weighted by molar-refractivity contribution is -0.140. The van der Waals surface area contributed by atoms with Gasteiger partial charge in [-0.05, 0) is 77.9 Å². The number of carbonyl (C=O) groups is 2. The second kappa shape index (κ2) is 13.2. The number of allylic oxidation sites excluding steroid dienone is 1. The third-order valence-electron chi connectivity index (χ3n) is 5.97. The van der Waals surface area contributed by atoms with Crippen LogP contribution in [0.5, 0.6) is 17.2 Å². The molecule has 2 heterocycles. The topological polar surface area (TPSA) is 126 Å². The van der Waals surface area contributed by atoms with E-state index in [1.165, 1.54) is 23.0 Å². The molecular weight excluding hydrogens is 663 g/mol. The molecular formula is C29H27IN2O8S. The van der Waals surface area contributed by atoms with E-state index < -0.39 is 24.6 Å². The van der Waals surface area contributed by atoms with Gasteiger partial charge in [-0.25, -0.2) is 14.6 Å². The van der Waals surface area contributed by atoms with Crippen molar-refractivity contribution in [2.24, 2.45) is 4.99 Å². The first-order valence-corrected chi connectivity index (χ1v) is 14.3. The van der Waals surface area contributed by atoms with Crippen LogP contribution in [0, 0.1) is 3.57 Å². The number of hydrogen-bond donors (Lipinski definition) is 1. The largest absolute Gasteiger partial charge is 0.493 e. The second-order valence-electron chi connectivity index (χ2n) is 8.69. The van der Waals surface area contributed by atoms with Crippen molar-refractivity contribution < 1.29 is 33.6 Å². The van der Waals surface area contributed by atoms with E-state index in [1.807, 2.05) is 22.6 Å². The van der Waals surface area contributed by atoms with Crippen LogP contribution in [0.15, 0.2) is 70.1 Å². The Bertz CT molecular complexity index is 1710. The molecule has 41 heavy (non-hydrogen) atoms. The molecule has 0 saturated heterocycles. The summed E-state index contributed by atoms with van der Waals surface area (Å²) in [5.74, 6) is -0.410. The minimum Gasteiger partial charge on any atom is -0.493 e. The van der Waals surface area contributed by atoms with Gasteiger partial charge in [0, 0.05) is 0 Å². The van der Waals surface area contributed by atoms with Crippen LogP contribution in [0.1, 0.15) is 31.0 Å². The maximum atomic E-state index is 13.9. The van der Waals surface area contributed by atoms with Gasteiger partial charge in [-0.15, -0.1) is 0 Å². The van der Waals surface area contributed by atoms with Crippen LogP contribution in [0.3, 0.4) is 0 Å². The smallest absolute Gasteiger partial charge is 0.341 e. The van der Waals surface area contributed by atoms with Crippen molar-refractivity contribution in [3.8, 4) is 17.2 Å². The molecule has 0 amide bonds. The van der Waals surface area contributed by atoms with Crippen LogP contribution in [0.25, 0.3) is 6.08 Å². The molecule has 0 aliphatic carbocycles. The van der Waals surface area contributed by atoms with Gasteiger partial charge in [0.2, 0.25) is 0 Å². The summed E-state index contributed by atoms with van der Waals surface area (Å²) in [4.78, 5) is 43.0. The Morgan fingerprint density at radius 3 is 2.59 bits per heavy atom. The number of benzene rings is 2. The number of carboxylic acids is 1. The van der Waals surface area contributed by atoms with E-state index in [9.17, 15) is 14.4 Å². The SMILES string of the molecule is C=CCOc1ccc([C@H]2C(C(=O)OCC)=C(C)N=c3s/c(=C\c4cc(I)c(OCC(=O)O)c(OC)c4)c(=O)n32)cc1. The first kappa shape index (κ1) is 30.1. The summed E-state index contributed by atoms with van der Waals surface area (Å²) in [6.07, 6.45) is 3.34.